The topological polar surface area (TPSA) is 47.3 Å². The van der Waals surface area contributed by atoms with Gasteiger partial charge in [-0.2, -0.15) is 0 Å². The molecule has 0 fully saturated rings. The standard InChI is InChI=1S/C5H6N2O2S/c1-9-4-2-3-5(10)7(8)6-4/h2-3,8H,1H3. The van der Waals surface area contributed by atoms with Crippen LogP contribution in [0, 0.1) is 4.64 Å². The van der Waals surface area contributed by atoms with Gasteiger partial charge in [0.1, 0.15) is 0 Å². The fourth-order valence-electron chi connectivity index (χ4n) is 0.494. The summed E-state index contributed by atoms with van der Waals surface area (Å²) in [4.78, 5) is 0.591. The van der Waals surface area contributed by atoms with Crippen molar-refractivity contribution in [3.05, 3.63) is 16.8 Å². The SMILES string of the molecule is COc1ccc(=S)n(O)n1. The number of hydrogen-bond acceptors (Lipinski definition) is 4. The first-order valence-electron chi connectivity index (χ1n) is 2.57. The zero-order valence-electron chi connectivity index (χ0n) is 5.31. The summed E-state index contributed by atoms with van der Waals surface area (Å²) in [6.07, 6.45) is 0. The van der Waals surface area contributed by atoms with Crippen LogP contribution in [0.15, 0.2) is 12.1 Å². The zero-order valence-corrected chi connectivity index (χ0v) is 6.13. The van der Waals surface area contributed by atoms with E-state index in [2.05, 4.69) is 17.3 Å². The van der Waals surface area contributed by atoms with E-state index in [4.69, 9.17) is 9.94 Å². The lowest BCUT2D eigenvalue weighted by molar-refractivity contribution is 0.132. The summed E-state index contributed by atoms with van der Waals surface area (Å²) in [6.45, 7) is 0. The zero-order chi connectivity index (χ0) is 7.56. The summed E-state index contributed by atoms with van der Waals surface area (Å²) in [5.41, 5.74) is 0. The van der Waals surface area contributed by atoms with Crippen molar-refractivity contribution in [2.75, 3.05) is 7.11 Å². The van der Waals surface area contributed by atoms with Gasteiger partial charge < -0.3 is 9.94 Å². The Bertz CT molecular complexity index is 283. The fraction of sp³-hybridized carbons (Fsp3) is 0.200. The van der Waals surface area contributed by atoms with Crippen molar-refractivity contribution < 1.29 is 9.94 Å². The second kappa shape index (κ2) is 2.66. The molecule has 0 aliphatic rings. The van der Waals surface area contributed by atoms with Crippen molar-refractivity contribution in [2.24, 2.45) is 0 Å². The molecule has 1 rings (SSSR count). The Hall–Kier alpha value is -1.10. The Morgan fingerprint density at radius 2 is 2.40 bits per heavy atom. The summed E-state index contributed by atoms with van der Waals surface area (Å²) >= 11 is 4.66. The van der Waals surface area contributed by atoms with Crippen molar-refractivity contribution in [1.29, 1.82) is 0 Å². The molecule has 10 heavy (non-hydrogen) atoms. The molecular formula is C5H6N2O2S. The van der Waals surface area contributed by atoms with E-state index in [1.54, 1.807) is 6.07 Å². The second-order valence-corrected chi connectivity index (χ2v) is 2.02. The molecule has 5 heteroatoms. The molecular weight excluding hydrogens is 152 g/mol. The maximum absolute atomic E-state index is 8.85. The summed E-state index contributed by atoms with van der Waals surface area (Å²) in [7, 11) is 1.46. The van der Waals surface area contributed by atoms with E-state index in [0.29, 0.717) is 10.7 Å². The molecule has 0 spiro atoms. The van der Waals surface area contributed by atoms with Crippen LogP contribution >= 0.6 is 12.2 Å². The van der Waals surface area contributed by atoms with Crippen LogP contribution in [-0.4, -0.2) is 22.3 Å². The maximum atomic E-state index is 8.85. The number of hydrogen-bond donors (Lipinski definition) is 1. The Morgan fingerprint density at radius 3 is 2.90 bits per heavy atom. The van der Waals surface area contributed by atoms with Crippen LogP contribution < -0.4 is 4.74 Å². The fourth-order valence-corrected chi connectivity index (χ4v) is 0.603. The minimum absolute atomic E-state index is 0.251. The lowest BCUT2D eigenvalue weighted by atomic mass is 10.6. The number of nitrogens with zero attached hydrogens (tertiary/aromatic N) is 2. The van der Waals surface area contributed by atoms with Crippen LogP contribution in [0.25, 0.3) is 0 Å². The van der Waals surface area contributed by atoms with E-state index in [1.807, 2.05) is 0 Å². The number of aromatic nitrogens is 2. The molecule has 0 bridgehead atoms. The molecule has 0 atom stereocenters. The van der Waals surface area contributed by atoms with E-state index in [9.17, 15) is 0 Å². The Morgan fingerprint density at radius 1 is 1.70 bits per heavy atom. The molecule has 1 N–H and O–H groups in total. The molecule has 54 valence electrons. The smallest absolute Gasteiger partial charge is 0.234 e. The normalized spacial score (nSPS) is 9.30. The molecule has 0 unspecified atom stereocenters. The van der Waals surface area contributed by atoms with Crippen molar-refractivity contribution in [3.8, 4) is 5.88 Å². The lowest BCUT2D eigenvalue weighted by Gasteiger charge is -1.98. The number of rotatable bonds is 1. The third-order valence-corrected chi connectivity index (χ3v) is 1.27. The Kier molecular flexibility index (Phi) is 1.86. The summed E-state index contributed by atoms with van der Waals surface area (Å²) in [5.74, 6) is 0.330. The number of ether oxygens (including phenoxy) is 1. The van der Waals surface area contributed by atoms with Gasteiger partial charge in [0.05, 0.1) is 7.11 Å². The van der Waals surface area contributed by atoms with Gasteiger partial charge in [-0.05, 0) is 6.07 Å². The largest absolute Gasteiger partial charge is 0.480 e. The van der Waals surface area contributed by atoms with Crippen LogP contribution in [0.5, 0.6) is 5.88 Å². The maximum Gasteiger partial charge on any atom is 0.234 e. The summed E-state index contributed by atoms with van der Waals surface area (Å²) in [6, 6.07) is 3.11. The van der Waals surface area contributed by atoms with Gasteiger partial charge in [-0.25, -0.2) is 0 Å². The first-order valence-corrected chi connectivity index (χ1v) is 2.98. The van der Waals surface area contributed by atoms with Crippen molar-refractivity contribution in [1.82, 2.24) is 9.94 Å². The van der Waals surface area contributed by atoms with Gasteiger partial charge in [-0.15, -0.1) is 0 Å². The minimum atomic E-state index is 0.251. The quantitative estimate of drug-likeness (QED) is 0.486. The highest BCUT2D eigenvalue weighted by Crippen LogP contribution is 2.01. The van der Waals surface area contributed by atoms with E-state index in [1.165, 1.54) is 13.2 Å². The van der Waals surface area contributed by atoms with Gasteiger partial charge >= 0.3 is 0 Å². The van der Waals surface area contributed by atoms with Gasteiger partial charge in [0, 0.05) is 6.07 Å². The van der Waals surface area contributed by atoms with Crippen LogP contribution in [0.2, 0.25) is 0 Å². The predicted molar refractivity (Wildman–Crippen MR) is 36.8 cm³/mol. The van der Waals surface area contributed by atoms with E-state index < -0.39 is 0 Å². The summed E-state index contributed by atoms with van der Waals surface area (Å²) < 4.78 is 4.96. The molecule has 4 nitrogen and oxygen atoms in total. The van der Waals surface area contributed by atoms with Crippen LogP contribution in [0.1, 0.15) is 0 Å². The van der Waals surface area contributed by atoms with Gasteiger partial charge in [-0.1, -0.05) is 22.2 Å². The monoisotopic (exact) mass is 158 g/mol. The third kappa shape index (κ3) is 1.24. The Labute approximate surface area is 62.6 Å². The van der Waals surface area contributed by atoms with Crippen molar-refractivity contribution >= 4 is 12.2 Å². The molecule has 1 aromatic rings. The van der Waals surface area contributed by atoms with Crippen molar-refractivity contribution in [3.63, 3.8) is 0 Å². The highest BCUT2D eigenvalue weighted by molar-refractivity contribution is 7.71. The summed E-state index contributed by atoms with van der Waals surface area (Å²) in [5, 5.41) is 12.4. The van der Waals surface area contributed by atoms with Crippen LogP contribution in [0.4, 0.5) is 0 Å². The van der Waals surface area contributed by atoms with Crippen LogP contribution in [0.3, 0.4) is 0 Å². The highest BCUT2D eigenvalue weighted by atomic mass is 32.1. The highest BCUT2D eigenvalue weighted by Gasteiger charge is 1.92. The van der Waals surface area contributed by atoms with E-state index >= 15 is 0 Å². The predicted octanol–water partition coefficient (Wildman–Crippen LogP) is 0.858. The third-order valence-electron chi connectivity index (χ3n) is 0.968. The molecule has 1 heterocycles. The van der Waals surface area contributed by atoms with Crippen molar-refractivity contribution in [2.45, 2.75) is 0 Å². The molecule has 0 amide bonds. The molecule has 0 aliphatic heterocycles. The van der Waals surface area contributed by atoms with Gasteiger partial charge in [0.15, 0.2) is 4.64 Å². The molecule has 0 saturated heterocycles. The molecule has 0 aliphatic carbocycles. The Balaban J connectivity index is 3.17. The molecule has 0 radical (unpaired) electrons. The van der Waals surface area contributed by atoms with E-state index in [0.717, 1.165) is 0 Å². The first-order chi connectivity index (χ1) is 4.74. The second-order valence-electron chi connectivity index (χ2n) is 1.60. The van der Waals surface area contributed by atoms with Gasteiger partial charge in [-0.3, -0.25) is 0 Å². The van der Waals surface area contributed by atoms with Gasteiger partial charge in [0.25, 0.3) is 0 Å². The molecule has 1 aromatic heterocycles. The lowest BCUT2D eigenvalue weighted by Crippen LogP contribution is -2.00. The van der Waals surface area contributed by atoms with Crippen LogP contribution in [-0.2, 0) is 0 Å². The first kappa shape index (κ1) is 7.01. The number of methoxy groups -OCH3 is 1. The average molecular weight is 158 g/mol. The van der Waals surface area contributed by atoms with Gasteiger partial charge in [0.2, 0.25) is 5.88 Å². The average Bonchev–Trinajstić information content (AvgIpc) is 1.95. The molecule has 0 saturated carbocycles. The molecule has 0 aromatic carbocycles. The van der Waals surface area contributed by atoms with E-state index in [-0.39, 0.29) is 4.64 Å². The minimum Gasteiger partial charge on any atom is -0.480 e.